The van der Waals surface area contributed by atoms with Gasteiger partial charge in [-0.1, -0.05) is 45.4 Å². The summed E-state index contributed by atoms with van der Waals surface area (Å²) in [6.45, 7) is 4.72. The van der Waals surface area contributed by atoms with Crippen LogP contribution in [-0.2, 0) is 0 Å². The molecule has 0 unspecified atom stereocenters. The van der Waals surface area contributed by atoms with Crippen LogP contribution in [0.5, 0.6) is 0 Å². The summed E-state index contributed by atoms with van der Waals surface area (Å²) in [5, 5.41) is 0. The van der Waals surface area contributed by atoms with Crippen LogP contribution < -0.4 is 3.86 Å². The Balaban J connectivity index is 1.93. The Labute approximate surface area is 185 Å². The Bertz CT molecular complexity index is 495. The molecule has 1 aromatic rings. The average molecular weight is 469 g/mol. The number of halogens is 2. The van der Waals surface area contributed by atoms with Crippen molar-refractivity contribution in [2.75, 3.05) is 10.4 Å². The van der Waals surface area contributed by atoms with Crippen LogP contribution in [-0.4, -0.2) is 22.0 Å². The van der Waals surface area contributed by atoms with Crippen LogP contribution in [0.3, 0.4) is 0 Å². The first kappa shape index (κ1) is 26.5. The fourth-order valence-electron chi connectivity index (χ4n) is 3.98. The molecule has 0 saturated heterocycles. The fraction of sp³-hybridized carbons (Fsp3) is 0.760. The van der Waals surface area contributed by atoms with Gasteiger partial charge in [-0.2, -0.15) is 0 Å². The van der Waals surface area contributed by atoms with E-state index in [0.717, 1.165) is 24.1 Å². The molecule has 0 N–H and O–H groups in total. The van der Waals surface area contributed by atoms with Gasteiger partial charge in [-0.15, -0.1) is 0 Å². The van der Waals surface area contributed by atoms with Crippen LogP contribution in [0, 0.1) is 6.92 Å². The molecule has 0 aliphatic carbocycles. The zero-order valence-corrected chi connectivity index (χ0v) is 21.1. The second kappa shape index (κ2) is 18.2. The van der Waals surface area contributed by atoms with Crippen LogP contribution in [0.2, 0.25) is 0 Å². The van der Waals surface area contributed by atoms with E-state index >= 15 is 0 Å². The monoisotopic (exact) mass is 470 g/mol. The fourth-order valence-corrected chi connectivity index (χ4v) is 5.58. The van der Waals surface area contributed by atoms with Crippen molar-refractivity contribution in [1.82, 2.24) is 0 Å². The molecule has 0 spiro atoms. The van der Waals surface area contributed by atoms with Gasteiger partial charge in [0.15, 0.2) is 0 Å². The molecule has 0 atom stereocenters. The van der Waals surface area contributed by atoms with Gasteiger partial charge in [0.05, 0.1) is 0 Å². The number of nitrogens with zero attached hydrogens (tertiary/aromatic N) is 1. The number of aryl methyl sites for hydroxylation is 1. The van der Waals surface area contributed by atoms with Gasteiger partial charge >= 0.3 is 140 Å². The van der Waals surface area contributed by atoms with Crippen LogP contribution in [0.15, 0.2) is 24.3 Å². The van der Waals surface area contributed by atoms with Gasteiger partial charge in [0.2, 0.25) is 0 Å². The van der Waals surface area contributed by atoms with Crippen LogP contribution in [0.25, 0.3) is 0 Å². The number of benzene rings is 1. The van der Waals surface area contributed by atoms with E-state index in [-0.39, 0.29) is 0 Å². The summed E-state index contributed by atoms with van der Waals surface area (Å²) >= 11 is -4.08. The second-order valence-electron chi connectivity index (χ2n) is 8.48. The van der Waals surface area contributed by atoms with Crippen molar-refractivity contribution in [3.05, 3.63) is 29.8 Å². The molecular formula is C25H44F2GeN. The van der Waals surface area contributed by atoms with E-state index in [4.69, 9.17) is 0 Å². The summed E-state index contributed by atoms with van der Waals surface area (Å²) in [6, 6.07) is 7.55. The van der Waals surface area contributed by atoms with E-state index in [1.165, 1.54) is 93.7 Å². The molecule has 167 valence electrons. The first-order valence-electron chi connectivity index (χ1n) is 12.2. The summed E-state index contributed by atoms with van der Waals surface area (Å²) in [5.41, 5.74) is 1.71. The third kappa shape index (κ3) is 13.4. The maximum atomic E-state index is 13.6. The van der Waals surface area contributed by atoms with E-state index in [2.05, 4.69) is 6.92 Å². The van der Waals surface area contributed by atoms with E-state index in [1.54, 1.807) is 0 Å². The molecule has 1 nitrogen and oxygen atoms in total. The first-order valence-corrected chi connectivity index (χ1v) is 14.7. The van der Waals surface area contributed by atoms with Crippen LogP contribution in [0.1, 0.15) is 115 Å². The third-order valence-corrected chi connectivity index (χ3v) is 7.68. The van der Waals surface area contributed by atoms with E-state index in [9.17, 15) is 7.00 Å². The minimum atomic E-state index is -4.08. The molecule has 4 heteroatoms. The van der Waals surface area contributed by atoms with Gasteiger partial charge in [0.25, 0.3) is 0 Å². The molecule has 0 heterocycles. The molecule has 1 radical (unpaired) electrons. The summed E-state index contributed by atoms with van der Waals surface area (Å²) in [4.78, 5) is 0. The number of rotatable bonds is 19. The Morgan fingerprint density at radius 3 is 1.48 bits per heavy atom. The molecule has 0 bridgehead atoms. The van der Waals surface area contributed by atoms with Gasteiger partial charge in [-0.05, 0) is 0 Å². The second-order valence-corrected chi connectivity index (χ2v) is 10.6. The minimum absolute atomic E-state index is 0.519. The summed E-state index contributed by atoms with van der Waals surface area (Å²) in [5.74, 6) is 0. The molecule has 0 amide bonds. The average Bonchev–Trinajstić information content (AvgIpc) is 2.71. The normalized spacial score (nSPS) is 11.3. The van der Waals surface area contributed by atoms with Crippen LogP contribution in [0.4, 0.5) is 12.7 Å². The molecule has 1 aromatic carbocycles. The molecule has 1 rings (SSSR count). The molecule has 0 aliphatic heterocycles. The van der Waals surface area contributed by atoms with Crippen molar-refractivity contribution in [2.24, 2.45) is 0 Å². The number of para-hydroxylation sites is 1. The van der Waals surface area contributed by atoms with Crippen molar-refractivity contribution < 1.29 is 7.00 Å². The SMILES string of the molecule is CCCCCCCCCCCCCCCCCC[N](c1ccccc1C)[Ge]([F])[F]. The molecule has 0 fully saturated rings. The predicted molar refractivity (Wildman–Crippen MR) is 126 cm³/mol. The van der Waals surface area contributed by atoms with Crippen molar-refractivity contribution in [2.45, 2.75) is 117 Å². The Morgan fingerprint density at radius 1 is 0.655 bits per heavy atom. The Hall–Kier alpha value is -0.577. The van der Waals surface area contributed by atoms with Gasteiger partial charge < -0.3 is 0 Å². The number of unbranched alkanes of at least 4 members (excludes halogenated alkanes) is 15. The maximum absolute atomic E-state index is 13.6. The first-order chi connectivity index (χ1) is 14.2. The molecule has 0 aliphatic rings. The van der Waals surface area contributed by atoms with E-state index < -0.39 is 15.5 Å². The molecule has 0 saturated carbocycles. The third-order valence-electron chi connectivity index (χ3n) is 5.85. The number of anilines is 1. The Morgan fingerprint density at radius 2 is 1.07 bits per heavy atom. The van der Waals surface area contributed by atoms with E-state index in [1.807, 2.05) is 31.2 Å². The standard InChI is InChI=1S/C25H44F2GeN/c1-3-4-5-6-7-8-9-10-11-12-13-14-15-16-17-20-23-29(28(26)27)25-22-19-18-21-24(25)2/h18-19,21-22H,3-17,20,23H2,1-2H3. The van der Waals surface area contributed by atoms with Gasteiger partial charge in [-0.3, -0.25) is 0 Å². The molecular weight excluding hydrogens is 425 g/mol. The quantitative estimate of drug-likeness (QED) is 0.144. The van der Waals surface area contributed by atoms with Crippen molar-refractivity contribution in [1.29, 1.82) is 0 Å². The summed E-state index contributed by atoms with van der Waals surface area (Å²) in [7, 11) is 0. The molecule has 29 heavy (non-hydrogen) atoms. The number of hydrogen-bond acceptors (Lipinski definition) is 1. The van der Waals surface area contributed by atoms with Crippen LogP contribution >= 0.6 is 0 Å². The van der Waals surface area contributed by atoms with Gasteiger partial charge in [-0.25, -0.2) is 0 Å². The van der Waals surface area contributed by atoms with Gasteiger partial charge in [0, 0.05) is 0 Å². The number of hydrogen-bond donors (Lipinski definition) is 0. The summed E-state index contributed by atoms with van der Waals surface area (Å²) in [6.07, 6.45) is 21.1. The Kier molecular flexibility index (Phi) is 16.6. The van der Waals surface area contributed by atoms with Crippen molar-refractivity contribution >= 4 is 21.2 Å². The zero-order chi connectivity index (χ0) is 21.2. The zero-order valence-electron chi connectivity index (χ0n) is 19.0. The molecule has 0 aromatic heterocycles. The topological polar surface area (TPSA) is 3.24 Å². The van der Waals surface area contributed by atoms with Crippen molar-refractivity contribution in [3.63, 3.8) is 0 Å². The summed E-state index contributed by atoms with van der Waals surface area (Å²) < 4.78 is 28.5. The van der Waals surface area contributed by atoms with Gasteiger partial charge in [0.1, 0.15) is 0 Å². The van der Waals surface area contributed by atoms with Crippen molar-refractivity contribution in [3.8, 4) is 0 Å². The van der Waals surface area contributed by atoms with E-state index in [0.29, 0.717) is 6.54 Å². The predicted octanol–water partition coefficient (Wildman–Crippen LogP) is 8.99.